The van der Waals surface area contributed by atoms with Crippen LogP contribution in [0.4, 0.5) is 5.69 Å². The number of benzene rings is 1. The molecule has 1 atom stereocenters. The molecule has 0 aliphatic heterocycles. The van der Waals surface area contributed by atoms with Crippen LogP contribution in [0, 0.1) is 6.92 Å². The van der Waals surface area contributed by atoms with Gasteiger partial charge in [0.2, 0.25) is 0 Å². The maximum Gasteiger partial charge on any atom is 0.143 e. The van der Waals surface area contributed by atoms with E-state index < -0.39 is 0 Å². The minimum absolute atomic E-state index is 0.522. The van der Waals surface area contributed by atoms with E-state index in [0.29, 0.717) is 6.04 Å². The minimum Gasteiger partial charge on any atom is -0.495 e. The van der Waals surface area contributed by atoms with Crippen LogP contribution in [0.2, 0.25) is 0 Å². The summed E-state index contributed by atoms with van der Waals surface area (Å²) in [6.07, 6.45) is 3.52. The molecule has 96 valence electrons. The Balaban J connectivity index is 2.95. The third-order valence-electron chi connectivity index (χ3n) is 2.96. The predicted molar refractivity (Wildman–Crippen MR) is 78.0 cm³/mol. The van der Waals surface area contributed by atoms with Crippen molar-refractivity contribution < 1.29 is 4.74 Å². The number of aryl methyl sites for hydroxylation is 1. The van der Waals surface area contributed by atoms with Crippen LogP contribution in [0.1, 0.15) is 38.7 Å². The molecule has 0 heterocycles. The summed E-state index contributed by atoms with van der Waals surface area (Å²) < 4.78 is 6.49. The molecule has 0 fully saturated rings. The Morgan fingerprint density at radius 1 is 1.35 bits per heavy atom. The topological polar surface area (TPSA) is 21.3 Å². The van der Waals surface area contributed by atoms with Crippen molar-refractivity contribution in [3.8, 4) is 5.75 Å². The van der Waals surface area contributed by atoms with Crippen molar-refractivity contribution in [2.24, 2.45) is 0 Å². The Morgan fingerprint density at radius 3 is 2.59 bits per heavy atom. The van der Waals surface area contributed by atoms with Gasteiger partial charge in [-0.3, -0.25) is 0 Å². The Labute approximate surface area is 113 Å². The first-order chi connectivity index (χ1) is 8.12. The molecule has 0 bridgehead atoms. The van der Waals surface area contributed by atoms with E-state index in [-0.39, 0.29) is 0 Å². The van der Waals surface area contributed by atoms with Crippen molar-refractivity contribution in [1.29, 1.82) is 0 Å². The summed E-state index contributed by atoms with van der Waals surface area (Å²) in [6.45, 7) is 6.54. The van der Waals surface area contributed by atoms with Crippen LogP contribution in [-0.2, 0) is 0 Å². The molecule has 1 aromatic carbocycles. The summed E-state index contributed by atoms with van der Waals surface area (Å²) in [6, 6.07) is 4.64. The zero-order valence-corrected chi connectivity index (χ0v) is 12.7. The van der Waals surface area contributed by atoms with Crippen molar-refractivity contribution in [2.75, 3.05) is 12.4 Å². The van der Waals surface area contributed by atoms with Crippen LogP contribution in [0.25, 0.3) is 0 Å². The molecule has 0 aliphatic rings. The van der Waals surface area contributed by atoms with Crippen LogP contribution in [0.5, 0.6) is 5.75 Å². The van der Waals surface area contributed by atoms with Crippen molar-refractivity contribution in [1.82, 2.24) is 0 Å². The highest BCUT2D eigenvalue weighted by Gasteiger charge is 2.12. The molecule has 1 N–H and O–H groups in total. The molecule has 0 amide bonds. The molecule has 0 spiro atoms. The number of rotatable bonds is 6. The van der Waals surface area contributed by atoms with E-state index in [9.17, 15) is 0 Å². The second-order valence-electron chi connectivity index (χ2n) is 4.34. The van der Waals surface area contributed by atoms with Crippen LogP contribution in [0.3, 0.4) is 0 Å². The molecular formula is C14H22BrNO. The Bertz CT molecular complexity index is 365. The molecular weight excluding hydrogens is 278 g/mol. The summed E-state index contributed by atoms with van der Waals surface area (Å²) in [5, 5.41) is 3.60. The zero-order valence-electron chi connectivity index (χ0n) is 11.1. The second-order valence-corrected chi connectivity index (χ2v) is 5.25. The molecule has 1 unspecified atom stereocenters. The van der Waals surface area contributed by atoms with E-state index in [4.69, 9.17) is 4.74 Å². The van der Waals surface area contributed by atoms with Crippen molar-refractivity contribution in [2.45, 2.75) is 46.1 Å². The highest BCUT2D eigenvalue weighted by molar-refractivity contribution is 9.10. The molecule has 3 heteroatoms. The average Bonchev–Trinajstić information content (AvgIpc) is 2.30. The fourth-order valence-electron chi connectivity index (χ4n) is 1.99. The van der Waals surface area contributed by atoms with E-state index in [1.54, 1.807) is 7.11 Å². The summed E-state index contributed by atoms with van der Waals surface area (Å²) >= 11 is 3.49. The Hall–Kier alpha value is -0.700. The monoisotopic (exact) mass is 299 g/mol. The molecule has 1 rings (SSSR count). The lowest BCUT2D eigenvalue weighted by atomic mass is 10.1. The number of anilines is 1. The standard InChI is InChI=1S/C14H22BrNO/c1-5-7-12(6-2)16-14-10(3)8-11(15)9-13(14)17-4/h8-9,12,16H,5-7H2,1-4H3. The normalized spacial score (nSPS) is 12.3. The maximum absolute atomic E-state index is 5.44. The fraction of sp³-hybridized carbons (Fsp3) is 0.571. The number of ether oxygens (including phenoxy) is 1. The highest BCUT2D eigenvalue weighted by atomic mass is 79.9. The lowest BCUT2D eigenvalue weighted by Crippen LogP contribution is -2.19. The number of methoxy groups -OCH3 is 1. The van der Waals surface area contributed by atoms with E-state index >= 15 is 0 Å². The predicted octanol–water partition coefficient (Wildman–Crippen LogP) is 4.76. The van der Waals surface area contributed by atoms with Crippen LogP contribution >= 0.6 is 15.9 Å². The summed E-state index contributed by atoms with van der Waals surface area (Å²) in [7, 11) is 1.72. The first-order valence-corrected chi connectivity index (χ1v) is 7.02. The minimum atomic E-state index is 0.522. The van der Waals surface area contributed by atoms with Gasteiger partial charge in [0, 0.05) is 10.5 Å². The fourth-order valence-corrected chi connectivity index (χ4v) is 2.54. The lowest BCUT2D eigenvalue weighted by molar-refractivity contribution is 0.415. The van der Waals surface area contributed by atoms with E-state index in [0.717, 1.165) is 22.3 Å². The Kier molecular flexibility index (Phi) is 5.83. The van der Waals surface area contributed by atoms with Gasteiger partial charge in [-0.05, 0) is 37.5 Å². The van der Waals surface area contributed by atoms with Crippen LogP contribution < -0.4 is 10.1 Å². The number of hydrogen-bond donors (Lipinski definition) is 1. The summed E-state index contributed by atoms with van der Waals surface area (Å²) in [4.78, 5) is 0. The van der Waals surface area contributed by atoms with Crippen molar-refractivity contribution in [3.05, 3.63) is 22.2 Å². The molecule has 1 aromatic rings. The van der Waals surface area contributed by atoms with Crippen molar-refractivity contribution in [3.63, 3.8) is 0 Å². The Morgan fingerprint density at radius 2 is 2.06 bits per heavy atom. The van der Waals surface area contributed by atoms with E-state index in [2.05, 4.69) is 48.1 Å². The third kappa shape index (κ3) is 3.91. The molecule has 2 nitrogen and oxygen atoms in total. The lowest BCUT2D eigenvalue weighted by Gasteiger charge is -2.21. The van der Waals surface area contributed by atoms with Gasteiger partial charge in [-0.25, -0.2) is 0 Å². The quantitative estimate of drug-likeness (QED) is 0.818. The average molecular weight is 300 g/mol. The zero-order chi connectivity index (χ0) is 12.8. The van der Waals surface area contributed by atoms with Gasteiger partial charge in [0.15, 0.2) is 0 Å². The van der Waals surface area contributed by atoms with Gasteiger partial charge in [-0.1, -0.05) is 36.2 Å². The number of nitrogens with one attached hydrogen (secondary N) is 1. The number of halogens is 1. The highest BCUT2D eigenvalue weighted by Crippen LogP contribution is 2.33. The maximum atomic E-state index is 5.44. The van der Waals surface area contributed by atoms with Gasteiger partial charge in [0.05, 0.1) is 12.8 Å². The van der Waals surface area contributed by atoms with Crippen LogP contribution in [0.15, 0.2) is 16.6 Å². The summed E-state index contributed by atoms with van der Waals surface area (Å²) in [5.74, 6) is 0.909. The van der Waals surface area contributed by atoms with Gasteiger partial charge in [0.25, 0.3) is 0 Å². The van der Waals surface area contributed by atoms with Gasteiger partial charge in [-0.2, -0.15) is 0 Å². The first-order valence-electron chi connectivity index (χ1n) is 6.23. The van der Waals surface area contributed by atoms with Gasteiger partial charge in [-0.15, -0.1) is 0 Å². The van der Waals surface area contributed by atoms with Gasteiger partial charge >= 0.3 is 0 Å². The van der Waals surface area contributed by atoms with Gasteiger partial charge < -0.3 is 10.1 Å². The third-order valence-corrected chi connectivity index (χ3v) is 3.42. The van der Waals surface area contributed by atoms with Crippen LogP contribution in [-0.4, -0.2) is 13.2 Å². The van der Waals surface area contributed by atoms with E-state index in [1.807, 2.05) is 6.07 Å². The number of hydrogen-bond acceptors (Lipinski definition) is 2. The summed E-state index contributed by atoms with van der Waals surface area (Å²) in [5.41, 5.74) is 2.33. The molecule has 0 saturated carbocycles. The first kappa shape index (κ1) is 14.4. The molecule has 17 heavy (non-hydrogen) atoms. The second kappa shape index (κ2) is 6.90. The molecule has 0 aromatic heterocycles. The SMILES string of the molecule is CCCC(CC)Nc1c(C)cc(Br)cc1OC. The smallest absolute Gasteiger partial charge is 0.143 e. The molecule has 0 aliphatic carbocycles. The molecule has 0 saturated heterocycles. The van der Waals surface area contributed by atoms with Crippen molar-refractivity contribution >= 4 is 21.6 Å². The van der Waals surface area contributed by atoms with E-state index in [1.165, 1.54) is 18.4 Å². The largest absolute Gasteiger partial charge is 0.495 e. The molecule has 0 radical (unpaired) electrons. The van der Waals surface area contributed by atoms with Gasteiger partial charge in [0.1, 0.15) is 5.75 Å².